The van der Waals surface area contributed by atoms with E-state index in [-0.39, 0.29) is 5.92 Å². The van der Waals surface area contributed by atoms with Crippen LogP contribution >= 0.6 is 0 Å². The van der Waals surface area contributed by atoms with Gasteiger partial charge < -0.3 is 4.90 Å². The molecule has 1 heterocycles. The maximum atomic E-state index is 9.56. The molecule has 0 aromatic heterocycles. The highest BCUT2D eigenvalue weighted by Crippen LogP contribution is 2.34. The number of hydrogen-bond donors (Lipinski definition) is 0. The van der Waals surface area contributed by atoms with Crippen molar-refractivity contribution in [3.8, 4) is 6.07 Å². The Morgan fingerprint density at radius 2 is 1.85 bits per heavy atom. The molecule has 0 saturated heterocycles. The Morgan fingerprint density at radius 1 is 1.00 bits per heavy atom. The van der Waals surface area contributed by atoms with E-state index in [1.165, 1.54) is 56.2 Å². The average molecular weight is 268 g/mol. The maximum absolute atomic E-state index is 9.56. The molecular formula is C18H24N2. The predicted octanol–water partition coefficient (Wildman–Crippen LogP) is 4.30. The van der Waals surface area contributed by atoms with E-state index in [2.05, 4.69) is 35.2 Å². The van der Waals surface area contributed by atoms with Gasteiger partial charge in [-0.25, -0.2) is 0 Å². The van der Waals surface area contributed by atoms with E-state index < -0.39 is 0 Å². The molecule has 0 amide bonds. The topological polar surface area (TPSA) is 27.0 Å². The summed E-state index contributed by atoms with van der Waals surface area (Å²) in [5, 5.41) is 9.56. The Hall–Kier alpha value is -1.49. The van der Waals surface area contributed by atoms with Crippen molar-refractivity contribution in [2.24, 2.45) is 5.92 Å². The van der Waals surface area contributed by atoms with Gasteiger partial charge in [0.15, 0.2) is 0 Å². The lowest BCUT2D eigenvalue weighted by Gasteiger charge is -2.35. The van der Waals surface area contributed by atoms with Crippen molar-refractivity contribution < 1.29 is 0 Å². The Labute approximate surface area is 122 Å². The Kier molecular flexibility index (Phi) is 4.25. The molecule has 106 valence electrons. The summed E-state index contributed by atoms with van der Waals surface area (Å²) in [7, 11) is 0. The van der Waals surface area contributed by atoms with Crippen LogP contribution in [0.3, 0.4) is 0 Å². The number of aryl methyl sites for hydroxylation is 1. The highest BCUT2D eigenvalue weighted by Gasteiger charge is 2.30. The van der Waals surface area contributed by atoms with Crippen molar-refractivity contribution in [3.63, 3.8) is 0 Å². The number of para-hydroxylation sites is 1. The zero-order valence-electron chi connectivity index (χ0n) is 12.2. The smallest absolute Gasteiger partial charge is 0.0677 e. The Balaban J connectivity index is 1.93. The van der Waals surface area contributed by atoms with Gasteiger partial charge in [-0.15, -0.1) is 0 Å². The molecule has 1 aliphatic carbocycles. The minimum atomic E-state index is 0.212. The van der Waals surface area contributed by atoms with E-state index in [4.69, 9.17) is 0 Å². The normalized spacial score (nSPS) is 27.1. The van der Waals surface area contributed by atoms with Crippen LogP contribution in [0, 0.1) is 17.2 Å². The van der Waals surface area contributed by atoms with Crippen molar-refractivity contribution in [1.82, 2.24) is 0 Å². The van der Waals surface area contributed by atoms with Gasteiger partial charge in [-0.05, 0) is 43.7 Å². The van der Waals surface area contributed by atoms with Gasteiger partial charge in [-0.2, -0.15) is 5.26 Å². The van der Waals surface area contributed by atoms with Gasteiger partial charge in [0.25, 0.3) is 0 Å². The van der Waals surface area contributed by atoms with Crippen LogP contribution in [0.2, 0.25) is 0 Å². The summed E-state index contributed by atoms with van der Waals surface area (Å²) in [6.45, 7) is 1.12. The van der Waals surface area contributed by atoms with Crippen LogP contribution in [-0.2, 0) is 6.42 Å². The molecule has 2 atom stereocenters. The zero-order chi connectivity index (χ0) is 13.8. The minimum Gasteiger partial charge on any atom is -0.367 e. The number of nitrogens with zero attached hydrogens (tertiary/aromatic N) is 2. The molecule has 2 heteroatoms. The van der Waals surface area contributed by atoms with Gasteiger partial charge in [0.1, 0.15) is 0 Å². The molecule has 1 fully saturated rings. The first kappa shape index (κ1) is 13.5. The summed E-state index contributed by atoms with van der Waals surface area (Å²) in [4.78, 5) is 2.57. The third-order valence-corrected chi connectivity index (χ3v) is 4.94. The van der Waals surface area contributed by atoms with E-state index in [1.807, 2.05) is 0 Å². The second-order valence-electron chi connectivity index (χ2n) is 6.22. The third-order valence-electron chi connectivity index (χ3n) is 4.94. The van der Waals surface area contributed by atoms with Crippen LogP contribution in [0.15, 0.2) is 24.3 Å². The lowest BCUT2D eigenvalue weighted by atomic mass is 9.93. The fourth-order valence-electron chi connectivity index (χ4n) is 3.88. The van der Waals surface area contributed by atoms with Crippen molar-refractivity contribution in [2.45, 2.75) is 57.4 Å². The van der Waals surface area contributed by atoms with Crippen LogP contribution in [0.1, 0.15) is 50.5 Å². The highest BCUT2D eigenvalue weighted by molar-refractivity contribution is 5.55. The molecule has 1 aliphatic heterocycles. The molecule has 0 radical (unpaired) electrons. The first-order valence-corrected chi connectivity index (χ1v) is 8.14. The summed E-state index contributed by atoms with van der Waals surface area (Å²) in [5.74, 6) is 0.212. The molecule has 0 N–H and O–H groups in total. The number of rotatable bonds is 1. The van der Waals surface area contributed by atoms with Crippen LogP contribution in [0.4, 0.5) is 5.69 Å². The maximum Gasteiger partial charge on any atom is 0.0677 e. The molecule has 2 nitrogen and oxygen atoms in total. The Morgan fingerprint density at radius 3 is 2.75 bits per heavy atom. The molecule has 2 aliphatic rings. The largest absolute Gasteiger partial charge is 0.367 e. The first-order valence-electron chi connectivity index (χ1n) is 8.14. The van der Waals surface area contributed by atoms with Crippen LogP contribution < -0.4 is 4.90 Å². The average Bonchev–Trinajstić information content (AvgIpc) is 2.84. The van der Waals surface area contributed by atoms with Gasteiger partial charge in [-0.1, -0.05) is 37.5 Å². The van der Waals surface area contributed by atoms with E-state index in [9.17, 15) is 5.26 Å². The molecular weight excluding hydrogens is 244 g/mol. The lowest BCUT2D eigenvalue weighted by Crippen LogP contribution is -2.40. The molecule has 1 aromatic rings. The van der Waals surface area contributed by atoms with Gasteiger partial charge in [0, 0.05) is 18.3 Å². The summed E-state index contributed by atoms with van der Waals surface area (Å²) < 4.78 is 0. The molecule has 2 unspecified atom stereocenters. The van der Waals surface area contributed by atoms with Crippen molar-refractivity contribution in [2.75, 3.05) is 11.4 Å². The summed E-state index contributed by atoms with van der Waals surface area (Å²) in [6, 6.07) is 11.9. The zero-order valence-corrected chi connectivity index (χ0v) is 12.2. The molecule has 0 bridgehead atoms. The minimum absolute atomic E-state index is 0.212. The second kappa shape index (κ2) is 6.31. The molecule has 1 saturated carbocycles. The van der Waals surface area contributed by atoms with Crippen LogP contribution in [-0.4, -0.2) is 12.6 Å². The summed E-state index contributed by atoms with van der Waals surface area (Å²) >= 11 is 0. The highest BCUT2D eigenvalue weighted by atomic mass is 15.2. The van der Waals surface area contributed by atoms with E-state index >= 15 is 0 Å². The lowest BCUT2D eigenvalue weighted by molar-refractivity contribution is 0.445. The van der Waals surface area contributed by atoms with E-state index in [1.54, 1.807) is 0 Å². The summed E-state index contributed by atoms with van der Waals surface area (Å²) in [6.07, 6.45) is 9.79. The fraction of sp³-hybridized carbons (Fsp3) is 0.611. The number of fused-ring (bicyclic) bond motifs is 1. The van der Waals surface area contributed by atoms with Crippen molar-refractivity contribution in [3.05, 3.63) is 29.8 Å². The number of nitriles is 1. The van der Waals surface area contributed by atoms with Gasteiger partial charge >= 0.3 is 0 Å². The number of benzene rings is 1. The SMILES string of the molecule is N#CC1CCCCCC1N1CCCCc2ccccc21. The van der Waals surface area contributed by atoms with E-state index in [0.29, 0.717) is 6.04 Å². The molecule has 1 aromatic carbocycles. The third kappa shape index (κ3) is 2.68. The van der Waals surface area contributed by atoms with Gasteiger partial charge in [0.2, 0.25) is 0 Å². The number of hydrogen-bond acceptors (Lipinski definition) is 2. The molecule has 0 spiro atoms. The second-order valence-corrected chi connectivity index (χ2v) is 6.22. The summed E-state index contributed by atoms with van der Waals surface area (Å²) in [5.41, 5.74) is 2.88. The van der Waals surface area contributed by atoms with Gasteiger partial charge in [0.05, 0.1) is 12.0 Å². The molecule has 20 heavy (non-hydrogen) atoms. The number of anilines is 1. The van der Waals surface area contributed by atoms with E-state index in [0.717, 1.165) is 13.0 Å². The van der Waals surface area contributed by atoms with Crippen molar-refractivity contribution >= 4 is 5.69 Å². The van der Waals surface area contributed by atoms with Crippen molar-refractivity contribution in [1.29, 1.82) is 5.26 Å². The van der Waals surface area contributed by atoms with Gasteiger partial charge in [-0.3, -0.25) is 0 Å². The predicted molar refractivity (Wildman–Crippen MR) is 82.7 cm³/mol. The quantitative estimate of drug-likeness (QED) is 0.710. The fourth-order valence-corrected chi connectivity index (χ4v) is 3.88. The Bertz CT molecular complexity index is 488. The standard InChI is InChI=1S/C18H24N2/c19-14-16-10-2-1-3-11-18(16)20-13-7-6-9-15-8-4-5-12-17(15)20/h4-5,8,12,16,18H,1-3,6-7,9-11,13H2. The first-order chi connectivity index (χ1) is 9.90. The molecule has 3 rings (SSSR count). The van der Waals surface area contributed by atoms with Crippen LogP contribution in [0.5, 0.6) is 0 Å². The van der Waals surface area contributed by atoms with Crippen LogP contribution in [0.25, 0.3) is 0 Å². The monoisotopic (exact) mass is 268 g/mol.